The van der Waals surface area contributed by atoms with E-state index in [-0.39, 0.29) is 5.82 Å². The van der Waals surface area contributed by atoms with E-state index in [2.05, 4.69) is 5.32 Å². The third kappa shape index (κ3) is 3.96. The van der Waals surface area contributed by atoms with Crippen molar-refractivity contribution in [3.63, 3.8) is 0 Å². The molecule has 1 N–H and O–H groups in total. The standard InChI is InChI=1S/C14H20FNO2/c1-2-17-8-9-18-14-11(4-3-5-13(14)15)10-16-12-6-7-12/h3-5,12,16H,2,6-10H2,1H3. The third-order valence-corrected chi connectivity index (χ3v) is 2.89. The first-order valence-corrected chi connectivity index (χ1v) is 6.52. The normalized spacial score (nSPS) is 14.8. The predicted octanol–water partition coefficient (Wildman–Crippen LogP) is 2.49. The first-order chi connectivity index (χ1) is 8.81. The highest BCUT2D eigenvalue weighted by Crippen LogP contribution is 2.25. The minimum absolute atomic E-state index is 0.304. The maximum atomic E-state index is 13.7. The summed E-state index contributed by atoms with van der Waals surface area (Å²) < 4.78 is 24.4. The van der Waals surface area contributed by atoms with E-state index in [0.29, 0.717) is 38.2 Å². The molecule has 0 spiro atoms. The maximum absolute atomic E-state index is 13.7. The molecule has 1 fully saturated rings. The minimum Gasteiger partial charge on any atom is -0.488 e. The quantitative estimate of drug-likeness (QED) is 0.722. The lowest BCUT2D eigenvalue weighted by molar-refractivity contribution is 0.108. The van der Waals surface area contributed by atoms with Gasteiger partial charge in [-0.15, -0.1) is 0 Å². The van der Waals surface area contributed by atoms with Gasteiger partial charge in [-0.25, -0.2) is 4.39 Å². The lowest BCUT2D eigenvalue weighted by Gasteiger charge is -2.13. The summed E-state index contributed by atoms with van der Waals surface area (Å²) in [6, 6.07) is 5.64. The Bertz CT molecular complexity index is 380. The fourth-order valence-corrected chi connectivity index (χ4v) is 1.74. The molecule has 0 aromatic heterocycles. The first kappa shape index (κ1) is 13.3. The molecule has 1 aliphatic carbocycles. The van der Waals surface area contributed by atoms with Crippen LogP contribution < -0.4 is 10.1 Å². The molecule has 18 heavy (non-hydrogen) atoms. The van der Waals surface area contributed by atoms with Gasteiger partial charge in [-0.2, -0.15) is 0 Å². The molecule has 1 aromatic carbocycles. The number of halogens is 1. The highest BCUT2D eigenvalue weighted by molar-refractivity contribution is 5.35. The Morgan fingerprint density at radius 2 is 2.17 bits per heavy atom. The van der Waals surface area contributed by atoms with Gasteiger partial charge < -0.3 is 14.8 Å². The Morgan fingerprint density at radius 1 is 1.33 bits per heavy atom. The van der Waals surface area contributed by atoms with E-state index in [1.807, 2.05) is 13.0 Å². The smallest absolute Gasteiger partial charge is 0.165 e. The lowest BCUT2D eigenvalue weighted by Crippen LogP contribution is -2.17. The van der Waals surface area contributed by atoms with E-state index >= 15 is 0 Å². The molecule has 0 amide bonds. The van der Waals surface area contributed by atoms with Crippen LogP contribution in [0.3, 0.4) is 0 Å². The van der Waals surface area contributed by atoms with Crippen LogP contribution in [0.5, 0.6) is 5.75 Å². The van der Waals surface area contributed by atoms with Gasteiger partial charge in [0.2, 0.25) is 0 Å². The monoisotopic (exact) mass is 253 g/mol. The minimum atomic E-state index is -0.304. The summed E-state index contributed by atoms with van der Waals surface area (Å²) in [5.74, 6) is 0.0481. The molecule has 1 aliphatic rings. The second-order valence-electron chi connectivity index (χ2n) is 4.43. The molecule has 1 saturated carbocycles. The molecule has 0 heterocycles. The predicted molar refractivity (Wildman–Crippen MR) is 68.2 cm³/mol. The summed E-state index contributed by atoms with van der Waals surface area (Å²) in [4.78, 5) is 0. The molecule has 2 rings (SSSR count). The van der Waals surface area contributed by atoms with Gasteiger partial charge in [0.15, 0.2) is 11.6 Å². The van der Waals surface area contributed by atoms with Crippen LogP contribution in [0.4, 0.5) is 4.39 Å². The molecule has 100 valence electrons. The van der Waals surface area contributed by atoms with E-state index < -0.39 is 0 Å². The highest BCUT2D eigenvalue weighted by Gasteiger charge is 2.21. The van der Waals surface area contributed by atoms with Crippen molar-refractivity contribution in [2.75, 3.05) is 19.8 Å². The molecule has 0 atom stereocenters. The zero-order valence-electron chi connectivity index (χ0n) is 10.7. The van der Waals surface area contributed by atoms with Crippen molar-refractivity contribution in [3.05, 3.63) is 29.6 Å². The number of para-hydroxylation sites is 1. The molecule has 0 radical (unpaired) electrons. The Hall–Kier alpha value is -1.13. The van der Waals surface area contributed by atoms with Gasteiger partial charge in [-0.3, -0.25) is 0 Å². The maximum Gasteiger partial charge on any atom is 0.165 e. The fraction of sp³-hybridized carbons (Fsp3) is 0.571. The van der Waals surface area contributed by atoms with Crippen LogP contribution in [0.2, 0.25) is 0 Å². The average Bonchev–Trinajstić information content (AvgIpc) is 3.18. The summed E-state index contributed by atoms with van der Waals surface area (Å²) in [6.07, 6.45) is 2.44. The lowest BCUT2D eigenvalue weighted by atomic mass is 10.2. The van der Waals surface area contributed by atoms with Crippen LogP contribution in [0.15, 0.2) is 18.2 Å². The van der Waals surface area contributed by atoms with E-state index in [1.54, 1.807) is 6.07 Å². The van der Waals surface area contributed by atoms with Crippen molar-refractivity contribution in [1.29, 1.82) is 0 Å². The van der Waals surface area contributed by atoms with Gasteiger partial charge >= 0.3 is 0 Å². The second-order valence-corrected chi connectivity index (χ2v) is 4.43. The number of ether oxygens (including phenoxy) is 2. The Labute approximate surface area is 107 Å². The van der Waals surface area contributed by atoms with E-state index in [4.69, 9.17) is 9.47 Å². The van der Waals surface area contributed by atoms with Gasteiger partial charge in [0, 0.05) is 24.8 Å². The van der Waals surface area contributed by atoms with Gasteiger partial charge in [0.25, 0.3) is 0 Å². The van der Waals surface area contributed by atoms with Gasteiger partial charge in [-0.1, -0.05) is 12.1 Å². The molecule has 3 nitrogen and oxygen atoms in total. The summed E-state index contributed by atoms with van der Waals surface area (Å²) in [5.41, 5.74) is 0.874. The molecular weight excluding hydrogens is 233 g/mol. The van der Waals surface area contributed by atoms with Crippen LogP contribution in [0, 0.1) is 5.82 Å². The molecule has 0 bridgehead atoms. The average molecular weight is 253 g/mol. The van der Waals surface area contributed by atoms with E-state index in [1.165, 1.54) is 18.9 Å². The summed E-state index contributed by atoms with van der Waals surface area (Å²) in [7, 11) is 0. The van der Waals surface area contributed by atoms with E-state index in [9.17, 15) is 4.39 Å². The number of benzene rings is 1. The van der Waals surface area contributed by atoms with Crippen LogP contribution in [-0.4, -0.2) is 25.9 Å². The number of nitrogens with one attached hydrogen (secondary N) is 1. The number of rotatable bonds is 8. The molecule has 0 saturated heterocycles. The first-order valence-electron chi connectivity index (χ1n) is 6.52. The Kier molecular flexibility index (Phi) is 4.96. The Morgan fingerprint density at radius 3 is 2.89 bits per heavy atom. The molecule has 0 unspecified atom stereocenters. The summed E-state index contributed by atoms with van der Waals surface area (Å²) >= 11 is 0. The van der Waals surface area contributed by atoms with Gasteiger partial charge in [-0.05, 0) is 25.8 Å². The van der Waals surface area contributed by atoms with Crippen molar-refractivity contribution in [2.24, 2.45) is 0 Å². The Balaban J connectivity index is 1.91. The van der Waals surface area contributed by atoms with Crippen LogP contribution in [0.25, 0.3) is 0 Å². The topological polar surface area (TPSA) is 30.5 Å². The number of hydrogen-bond donors (Lipinski definition) is 1. The fourth-order valence-electron chi connectivity index (χ4n) is 1.74. The van der Waals surface area contributed by atoms with E-state index in [0.717, 1.165) is 5.56 Å². The zero-order chi connectivity index (χ0) is 12.8. The highest BCUT2D eigenvalue weighted by atomic mass is 19.1. The second kappa shape index (κ2) is 6.71. The van der Waals surface area contributed by atoms with Crippen molar-refractivity contribution in [1.82, 2.24) is 5.32 Å². The molecular formula is C14H20FNO2. The van der Waals surface area contributed by atoms with Crippen molar-refractivity contribution in [3.8, 4) is 5.75 Å². The summed E-state index contributed by atoms with van der Waals surface area (Å²) in [5, 5.41) is 3.36. The van der Waals surface area contributed by atoms with Gasteiger partial charge in [0.1, 0.15) is 6.61 Å². The van der Waals surface area contributed by atoms with Crippen LogP contribution in [0.1, 0.15) is 25.3 Å². The third-order valence-electron chi connectivity index (χ3n) is 2.89. The molecule has 0 aliphatic heterocycles. The SMILES string of the molecule is CCOCCOc1c(F)cccc1CNC1CC1. The van der Waals surface area contributed by atoms with Crippen molar-refractivity contribution < 1.29 is 13.9 Å². The molecule has 4 heteroatoms. The largest absolute Gasteiger partial charge is 0.488 e. The number of hydrogen-bond acceptors (Lipinski definition) is 3. The van der Waals surface area contributed by atoms with Crippen LogP contribution >= 0.6 is 0 Å². The van der Waals surface area contributed by atoms with Gasteiger partial charge in [0.05, 0.1) is 6.61 Å². The van der Waals surface area contributed by atoms with Crippen molar-refractivity contribution in [2.45, 2.75) is 32.4 Å². The molecule has 1 aromatic rings. The summed E-state index contributed by atoms with van der Waals surface area (Å²) in [6.45, 7) is 4.10. The van der Waals surface area contributed by atoms with Crippen molar-refractivity contribution >= 4 is 0 Å². The zero-order valence-corrected chi connectivity index (χ0v) is 10.7. The van der Waals surface area contributed by atoms with Crippen LogP contribution in [-0.2, 0) is 11.3 Å².